The van der Waals surface area contributed by atoms with Gasteiger partial charge in [-0.3, -0.25) is 4.79 Å². The standard InChI is InChI=1S/C22H18FN3O3/c1-28-18-7-4-8-19(29-2)21(18)14-9-10-20-25-17(13-26(20)12-14)22(27)24-16-6-3-5-15(23)11-16/h3-13H,1-2H3,(H,24,27). The average Bonchev–Trinajstić information content (AvgIpc) is 3.16. The first kappa shape index (κ1) is 18.5. The highest BCUT2D eigenvalue weighted by Crippen LogP contribution is 2.38. The van der Waals surface area contributed by atoms with E-state index < -0.39 is 11.7 Å². The zero-order valence-corrected chi connectivity index (χ0v) is 15.8. The SMILES string of the molecule is COc1cccc(OC)c1-c1ccc2nc(C(=O)Nc3cccc(F)c3)cn2c1. The average molecular weight is 391 g/mol. The Morgan fingerprint density at radius 1 is 1.00 bits per heavy atom. The second kappa shape index (κ2) is 7.63. The fourth-order valence-electron chi connectivity index (χ4n) is 3.15. The predicted octanol–water partition coefficient (Wildman–Crippen LogP) is 4.41. The minimum absolute atomic E-state index is 0.221. The number of methoxy groups -OCH3 is 2. The monoisotopic (exact) mass is 391 g/mol. The van der Waals surface area contributed by atoms with Crippen LogP contribution in [0.2, 0.25) is 0 Å². The van der Waals surface area contributed by atoms with Crippen LogP contribution in [-0.2, 0) is 0 Å². The number of halogens is 1. The fourth-order valence-corrected chi connectivity index (χ4v) is 3.15. The van der Waals surface area contributed by atoms with Gasteiger partial charge in [0.2, 0.25) is 0 Å². The molecule has 0 bridgehead atoms. The lowest BCUT2D eigenvalue weighted by Crippen LogP contribution is -2.12. The van der Waals surface area contributed by atoms with E-state index >= 15 is 0 Å². The van der Waals surface area contributed by atoms with Crippen molar-refractivity contribution in [2.45, 2.75) is 0 Å². The molecule has 0 saturated carbocycles. The van der Waals surface area contributed by atoms with Gasteiger partial charge in [0.05, 0.1) is 19.8 Å². The van der Waals surface area contributed by atoms with E-state index in [4.69, 9.17) is 9.47 Å². The maximum Gasteiger partial charge on any atom is 0.275 e. The van der Waals surface area contributed by atoms with Gasteiger partial charge >= 0.3 is 0 Å². The number of aromatic nitrogens is 2. The lowest BCUT2D eigenvalue weighted by molar-refractivity contribution is 0.102. The Balaban J connectivity index is 1.69. The van der Waals surface area contributed by atoms with Gasteiger partial charge in [-0.25, -0.2) is 9.37 Å². The van der Waals surface area contributed by atoms with E-state index in [0.717, 1.165) is 11.1 Å². The minimum Gasteiger partial charge on any atom is -0.496 e. The van der Waals surface area contributed by atoms with Crippen LogP contribution in [0.3, 0.4) is 0 Å². The highest BCUT2D eigenvalue weighted by Gasteiger charge is 2.15. The molecular formula is C22H18FN3O3. The van der Waals surface area contributed by atoms with Crippen LogP contribution in [0.25, 0.3) is 16.8 Å². The Kier molecular flexibility index (Phi) is 4.87. The van der Waals surface area contributed by atoms with Crippen LogP contribution in [-0.4, -0.2) is 29.5 Å². The number of carbonyl (C=O) groups is 1. The van der Waals surface area contributed by atoms with Crippen LogP contribution in [0, 0.1) is 5.82 Å². The summed E-state index contributed by atoms with van der Waals surface area (Å²) in [5.41, 5.74) is 2.84. The number of amides is 1. The highest BCUT2D eigenvalue weighted by molar-refractivity contribution is 6.03. The number of anilines is 1. The number of ether oxygens (including phenoxy) is 2. The van der Waals surface area contributed by atoms with Crippen LogP contribution >= 0.6 is 0 Å². The van der Waals surface area contributed by atoms with Crippen LogP contribution in [0.1, 0.15) is 10.5 Å². The first-order chi connectivity index (χ1) is 14.1. The molecule has 1 amide bonds. The molecule has 4 rings (SSSR count). The van der Waals surface area contributed by atoms with Crippen molar-refractivity contribution in [1.29, 1.82) is 0 Å². The number of hydrogen-bond donors (Lipinski definition) is 1. The maximum absolute atomic E-state index is 13.3. The summed E-state index contributed by atoms with van der Waals surface area (Å²) in [7, 11) is 3.20. The summed E-state index contributed by atoms with van der Waals surface area (Å²) in [5.74, 6) is 0.504. The molecule has 29 heavy (non-hydrogen) atoms. The van der Waals surface area contributed by atoms with Gasteiger partial charge < -0.3 is 19.2 Å². The summed E-state index contributed by atoms with van der Waals surface area (Å²) in [6.07, 6.45) is 3.47. The van der Waals surface area contributed by atoms with E-state index in [1.807, 2.05) is 30.5 Å². The van der Waals surface area contributed by atoms with Crippen molar-refractivity contribution < 1.29 is 18.7 Å². The number of nitrogens with zero attached hydrogens (tertiary/aromatic N) is 2. The molecule has 0 saturated heterocycles. The van der Waals surface area contributed by atoms with Crippen molar-refractivity contribution in [2.24, 2.45) is 0 Å². The quantitative estimate of drug-likeness (QED) is 0.547. The topological polar surface area (TPSA) is 64.9 Å². The van der Waals surface area contributed by atoms with E-state index in [1.54, 1.807) is 36.9 Å². The van der Waals surface area contributed by atoms with Crippen molar-refractivity contribution in [3.8, 4) is 22.6 Å². The van der Waals surface area contributed by atoms with Crippen molar-refractivity contribution >= 4 is 17.2 Å². The Labute approximate surface area is 166 Å². The van der Waals surface area contributed by atoms with Gasteiger partial charge in [0.25, 0.3) is 5.91 Å². The highest BCUT2D eigenvalue weighted by atomic mass is 19.1. The zero-order valence-electron chi connectivity index (χ0n) is 15.8. The number of carbonyl (C=O) groups excluding carboxylic acids is 1. The molecule has 146 valence electrons. The molecule has 0 aliphatic rings. The molecule has 2 heterocycles. The van der Waals surface area contributed by atoms with Gasteiger partial charge in [0.15, 0.2) is 0 Å². The zero-order chi connectivity index (χ0) is 20.4. The van der Waals surface area contributed by atoms with Crippen LogP contribution < -0.4 is 14.8 Å². The maximum atomic E-state index is 13.3. The lowest BCUT2D eigenvalue weighted by atomic mass is 10.1. The molecule has 4 aromatic rings. The summed E-state index contributed by atoms with van der Waals surface area (Å²) in [5, 5.41) is 2.65. The summed E-state index contributed by atoms with van der Waals surface area (Å²) in [6, 6.07) is 15.0. The second-order valence-electron chi connectivity index (χ2n) is 6.31. The van der Waals surface area contributed by atoms with Crippen molar-refractivity contribution in [3.63, 3.8) is 0 Å². The van der Waals surface area contributed by atoms with Crippen molar-refractivity contribution in [2.75, 3.05) is 19.5 Å². The smallest absolute Gasteiger partial charge is 0.275 e. The van der Waals surface area contributed by atoms with Gasteiger partial charge in [0, 0.05) is 23.6 Å². The molecule has 0 aliphatic carbocycles. The number of pyridine rings is 1. The van der Waals surface area contributed by atoms with Crippen LogP contribution in [0.5, 0.6) is 11.5 Å². The number of nitrogens with one attached hydrogen (secondary N) is 1. The van der Waals surface area contributed by atoms with Crippen molar-refractivity contribution in [3.05, 3.63) is 78.5 Å². The third-order valence-corrected chi connectivity index (χ3v) is 4.48. The summed E-state index contributed by atoms with van der Waals surface area (Å²) in [4.78, 5) is 16.8. The molecule has 0 radical (unpaired) electrons. The van der Waals surface area contributed by atoms with E-state index in [9.17, 15) is 9.18 Å². The van der Waals surface area contributed by atoms with Gasteiger partial charge in [-0.2, -0.15) is 0 Å². The first-order valence-corrected chi connectivity index (χ1v) is 8.86. The van der Waals surface area contributed by atoms with E-state index in [0.29, 0.717) is 22.8 Å². The number of imidazole rings is 1. The summed E-state index contributed by atoms with van der Waals surface area (Å²) in [6.45, 7) is 0. The summed E-state index contributed by atoms with van der Waals surface area (Å²) < 4.78 is 26.0. The first-order valence-electron chi connectivity index (χ1n) is 8.86. The lowest BCUT2D eigenvalue weighted by Gasteiger charge is -2.13. The minimum atomic E-state index is -0.423. The normalized spacial score (nSPS) is 10.7. The van der Waals surface area contributed by atoms with E-state index in [-0.39, 0.29) is 5.69 Å². The molecule has 1 N–H and O–H groups in total. The van der Waals surface area contributed by atoms with E-state index in [2.05, 4.69) is 10.3 Å². The molecule has 0 unspecified atom stereocenters. The Morgan fingerprint density at radius 2 is 1.72 bits per heavy atom. The Morgan fingerprint density at radius 3 is 2.41 bits per heavy atom. The van der Waals surface area contributed by atoms with Gasteiger partial charge in [-0.15, -0.1) is 0 Å². The van der Waals surface area contributed by atoms with Crippen LogP contribution in [0.4, 0.5) is 10.1 Å². The van der Waals surface area contributed by atoms with Gasteiger partial charge in [-0.05, 0) is 42.5 Å². The molecular weight excluding hydrogens is 373 g/mol. The fraction of sp³-hybridized carbons (Fsp3) is 0.0909. The number of fused-ring (bicyclic) bond motifs is 1. The molecule has 7 heteroatoms. The second-order valence-corrected chi connectivity index (χ2v) is 6.31. The third kappa shape index (κ3) is 3.62. The number of benzene rings is 2. The summed E-state index contributed by atoms with van der Waals surface area (Å²) >= 11 is 0. The largest absolute Gasteiger partial charge is 0.496 e. The molecule has 2 aromatic carbocycles. The van der Waals surface area contributed by atoms with Gasteiger partial charge in [-0.1, -0.05) is 12.1 Å². The predicted molar refractivity (Wildman–Crippen MR) is 108 cm³/mol. The van der Waals surface area contributed by atoms with Crippen LogP contribution in [0.15, 0.2) is 67.0 Å². The Hall–Kier alpha value is -3.87. The van der Waals surface area contributed by atoms with E-state index in [1.165, 1.54) is 18.2 Å². The molecule has 2 aromatic heterocycles. The van der Waals surface area contributed by atoms with Gasteiger partial charge in [0.1, 0.15) is 28.7 Å². The molecule has 0 aliphatic heterocycles. The molecule has 6 nitrogen and oxygen atoms in total. The molecule has 0 fully saturated rings. The van der Waals surface area contributed by atoms with Crippen molar-refractivity contribution in [1.82, 2.24) is 9.38 Å². The Bertz CT molecular complexity index is 1180. The number of hydrogen-bond acceptors (Lipinski definition) is 4. The third-order valence-electron chi connectivity index (χ3n) is 4.48. The molecule has 0 spiro atoms. The number of rotatable bonds is 5. The molecule has 0 atom stereocenters.